The highest BCUT2D eigenvalue weighted by atomic mass is 16.6. The van der Waals surface area contributed by atoms with Crippen LogP contribution in [0.15, 0.2) is 0 Å². The lowest BCUT2D eigenvalue weighted by Gasteiger charge is -2.31. The molecule has 0 atom stereocenters. The average molecular weight is 285 g/mol. The molecular formula is C13H23N3O4. The lowest BCUT2D eigenvalue weighted by Crippen LogP contribution is -2.49. The van der Waals surface area contributed by atoms with Gasteiger partial charge in [0.05, 0.1) is 6.61 Å². The smallest absolute Gasteiger partial charge is 0.409 e. The number of Topliss-reactive ketones (excluding diaryl/α,β-unsaturated/α-hetero) is 1. The molecule has 3 amide bonds. The molecule has 1 saturated heterocycles. The zero-order valence-corrected chi connectivity index (χ0v) is 12.1. The summed E-state index contributed by atoms with van der Waals surface area (Å²) in [6, 6.07) is -0.209. The highest BCUT2D eigenvalue weighted by molar-refractivity contribution is 5.78. The maximum atomic E-state index is 11.6. The topological polar surface area (TPSA) is 87.7 Å². The van der Waals surface area contributed by atoms with E-state index in [4.69, 9.17) is 4.74 Å². The summed E-state index contributed by atoms with van der Waals surface area (Å²) in [6.45, 7) is 5.15. The molecule has 0 spiro atoms. The average Bonchev–Trinajstić information content (AvgIpc) is 2.39. The van der Waals surface area contributed by atoms with Crippen LogP contribution >= 0.6 is 0 Å². The number of hydrogen-bond donors (Lipinski definition) is 2. The number of ether oxygens (including phenoxy) is 1. The van der Waals surface area contributed by atoms with Crippen LogP contribution in [0.4, 0.5) is 9.59 Å². The number of rotatable bonds is 5. The molecule has 0 aromatic rings. The molecule has 0 aliphatic carbocycles. The van der Waals surface area contributed by atoms with Crippen LogP contribution in [0.3, 0.4) is 0 Å². The van der Waals surface area contributed by atoms with Crippen molar-refractivity contribution in [1.29, 1.82) is 0 Å². The predicted molar refractivity (Wildman–Crippen MR) is 73.4 cm³/mol. The number of nitrogens with one attached hydrogen (secondary N) is 2. The summed E-state index contributed by atoms with van der Waals surface area (Å²) in [5.41, 5.74) is 0. The first-order valence-corrected chi connectivity index (χ1v) is 6.98. The predicted octanol–water partition coefficient (Wildman–Crippen LogP) is 0.886. The Morgan fingerprint density at radius 1 is 1.25 bits per heavy atom. The standard InChI is InChI=1S/C13H23N3O4/c1-3-20-13(19)16-8-5-11(6-9-16)15-12(18)14-7-4-10(2)17/h11H,3-9H2,1-2H3,(H2,14,15,18). The Balaban J connectivity index is 2.20. The van der Waals surface area contributed by atoms with Gasteiger partial charge in [-0.25, -0.2) is 9.59 Å². The van der Waals surface area contributed by atoms with Gasteiger partial charge in [0, 0.05) is 32.1 Å². The molecule has 1 rings (SSSR count). The van der Waals surface area contributed by atoms with Crippen LogP contribution in [-0.4, -0.2) is 55.1 Å². The first kappa shape index (κ1) is 16.3. The van der Waals surface area contributed by atoms with E-state index in [1.807, 2.05) is 0 Å². The van der Waals surface area contributed by atoms with Crippen molar-refractivity contribution in [3.63, 3.8) is 0 Å². The Morgan fingerprint density at radius 2 is 1.90 bits per heavy atom. The monoisotopic (exact) mass is 285 g/mol. The minimum atomic E-state index is -0.295. The number of carbonyl (C=O) groups excluding carboxylic acids is 3. The van der Waals surface area contributed by atoms with Crippen molar-refractivity contribution in [1.82, 2.24) is 15.5 Å². The Morgan fingerprint density at radius 3 is 2.45 bits per heavy atom. The summed E-state index contributed by atoms with van der Waals surface area (Å²) in [6.07, 6.45) is 1.46. The first-order valence-electron chi connectivity index (χ1n) is 6.98. The summed E-state index contributed by atoms with van der Waals surface area (Å²) >= 11 is 0. The second kappa shape index (κ2) is 8.39. The maximum absolute atomic E-state index is 11.6. The highest BCUT2D eigenvalue weighted by Gasteiger charge is 2.24. The molecule has 0 unspecified atom stereocenters. The van der Waals surface area contributed by atoms with Gasteiger partial charge in [-0.1, -0.05) is 0 Å². The normalized spacial score (nSPS) is 15.6. The molecule has 0 bridgehead atoms. The Labute approximate surface area is 119 Å². The van der Waals surface area contributed by atoms with Crippen molar-refractivity contribution >= 4 is 17.9 Å². The number of likely N-dealkylation sites (tertiary alicyclic amines) is 1. The van der Waals surface area contributed by atoms with Gasteiger partial charge >= 0.3 is 12.1 Å². The fraction of sp³-hybridized carbons (Fsp3) is 0.769. The number of urea groups is 1. The van der Waals surface area contributed by atoms with Crippen LogP contribution in [0.1, 0.15) is 33.1 Å². The molecule has 1 fully saturated rings. The molecule has 0 saturated carbocycles. The summed E-state index contributed by atoms with van der Waals surface area (Å²) < 4.78 is 4.93. The number of piperidine rings is 1. The quantitative estimate of drug-likeness (QED) is 0.785. The largest absolute Gasteiger partial charge is 0.450 e. The zero-order valence-electron chi connectivity index (χ0n) is 12.1. The van der Waals surface area contributed by atoms with Crippen LogP contribution in [-0.2, 0) is 9.53 Å². The second-order valence-corrected chi connectivity index (χ2v) is 4.81. The number of ketones is 1. The van der Waals surface area contributed by atoms with Crippen molar-refractivity contribution < 1.29 is 19.1 Å². The van der Waals surface area contributed by atoms with E-state index < -0.39 is 0 Å². The van der Waals surface area contributed by atoms with E-state index >= 15 is 0 Å². The van der Waals surface area contributed by atoms with Gasteiger partial charge in [0.15, 0.2) is 0 Å². The number of nitrogens with zero attached hydrogens (tertiary/aromatic N) is 1. The lowest BCUT2D eigenvalue weighted by atomic mass is 10.1. The summed E-state index contributed by atoms with van der Waals surface area (Å²) in [4.78, 5) is 35.5. The number of carbonyl (C=O) groups is 3. The van der Waals surface area contributed by atoms with Crippen LogP contribution in [0.5, 0.6) is 0 Å². The molecule has 1 aliphatic heterocycles. The second-order valence-electron chi connectivity index (χ2n) is 4.81. The van der Waals surface area contributed by atoms with Gasteiger partial charge < -0.3 is 20.3 Å². The van der Waals surface area contributed by atoms with Gasteiger partial charge in [0.1, 0.15) is 5.78 Å². The zero-order chi connectivity index (χ0) is 15.0. The molecule has 7 nitrogen and oxygen atoms in total. The van der Waals surface area contributed by atoms with Crippen LogP contribution < -0.4 is 10.6 Å². The third-order valence-electron chi connectivity index (χ3n) is 3.12. The fourth-order valence-electron chi connectivity index (χ4n) is 2.01. The summed E-state index contributed by atoms with van der Waals surface area (Å²) in [5, 5.41) is 5.48. The van der Waals surface area contributed by atoms with Crippen molar-refractivity contribution in [3.8, 4) is 0 Å². The molecule has 7 heteroatoms. The highest BCUT2D eigenvalue weighted by Crippen LogP contribution is 2.11. The van der Waals surface area contributed by atoms with Crippen LogP contribution in [0.25, 0.3) is 0 Å². The molecule has 20 heavy (non-hydrogen) atoms. The van der Waals surface area contributed by atoms with Gasteiger partial charge in [-0.3, -0.25) is 4.79 Å². The van der Waals surface area contributed by atoms with Gasteiger partial charge in [-0.15, -0.1) is 0 Å². The van der Waals surface area contributed by atoms with E-state index in [0.29, 0.717) is 45.5 Å². The molecule has 0 radical (unpaired) electrons. The molecule has 2 N–H and O–H groups in total. The summed E-state index contributed by atoms with van der Waals surface area (Å²) in [5.74, 6) is 0.0491. The third kappa shape index (κ3) is 5.90. The van der Waals surface area contributed by atoms with E-state index in [1.54, 1.807) is 11.8 Å². The molecule has 0 aromatic carbocycles. The minimum Gasteiger partial charge on any atom is -0.450 e. The van der Waals surface area contributed by atoms with Crippen molar-refractivity contribution in [2.75, 3.05) is 26.2 Å². The van der Waals surface area contributed by atoms with Gasteiger partial charge in [-0.2, -0.15) is 0 Å². The van der Waals surface area contributed by atoms with Crippen molar-refractivity contribution in [2.45, 2.75) is 39.2 Å². The van der Waals surface area contributed by atoms with Gasteiger partial charge in [0.25, 0.3) is 0 Å². The van der Waals surface area contributed by atoms with E-state index in [-0.39, 0.29) is 23.9 Å². The number of hydrogen-bond acceptors (Lipinski definition) is 4. The molecule has 1 aliphatic rings. The van der Waals surface area contributed by atoms with Crippen molar-refractivity contribution in [2.24, 2.45) is 0 Å². The fourth-order valence-corrected chi connectivity index (χ4v) is 2.01. The molecule has 0 aromatic heterocycles. The van der Waals surface area contributed by atoms with E-state index in [9.17, 15) is 14.4 Å². The molecule has 114 valence electrons. The van der Waals surface area contributed by atoms with Gasteiger partial charge in [0.2, 0.25) is 0 Å². The van der Waals surface area contributed by atoms with Crippen LogP contribution in [0.2, 0.25) is 0 Å². The van der Waals surface area contributed by atoms with E-state index in [2.05, 4.69) is 10.6 Å². The molecule has 1 heterocycles. The van der Waals surface area contributed by atoms with Gasteiger partial charge in [-0.05, 0) is 26.7 Å². The third-order valence-corrected chi connectivity index (χ3v) is 3.12. The Bertz CT molecular complexity index is 352. The molecular weight excluding hydrogens is 262 g/mol. The first-order chi connectivity index (χ1) is 9.52. The van der Waals surface area contributed by atoms with Crippen molar-refractivity contribution in [3.05, 3.63) is 0 Å². The Kier molecular flexibility index (Phi) is 6.83. The van der Waals surface area contributed by atoms with E-state index in [1.165, 1.54) is 6.92 Å². The van der Waals surface area contributed by atoms with Crippen LogP contribution in [0, 0.1) is 0 Å². The van der Waals surface area contributed by atoms with E-state index in [0.717, 1.165) is 0 Å². The summed E-state index contributed by atoms with van der Waals surface area (Å²) in [7, 11) is 0. The number of amides is 3. The Hall–Kier alpha value is -1.79. The maximum Gasteiger partial charge on any atom is 0.409 e. The minimum absolute atomic E-state index is 0.0491. The SMILES string of the molecule is CCOC(=O)N1CCC(NC(=O)NCCC(C)=O)CC1. The lowest BCUT2D eigenvalue weighted by molar-refractivity contribution is -0.116.